The number of rotatable bonds is 4. The molecule has 2 N–H and O–H groups in total. The zero-order valence-corrected chi connectivity index (χ0v) is 16.1. The predicted molar refractivity (Wildman–Crippen MR) is 108 cm³/mol. The smallest absolute Gasteiger partial charge is 0.311 e. The average Bonchev–Trinajstić information content (AvgIpc) is 3.09. The number of nitrogens with zero attached hydrogens (tertiary/aromatic N) is 1. The number of H-pyrrole nitrogens is 2. The third kappa shape index (κ3) is 3.95. The Kier molecular flexibility index (Phi) is 5.07. The lowest BCUT2D eigenvalue weighted by Gasteiger charge is -2.29. The fourth-order valence-corrected chi connectivity index (χ4v) is 4.91. The van der Waals surface area contributed by atoms with Gasteiger partial charge in [-0.05, 0) is 50.0 Å². The van der Waals surface area contributed by atoms with Crippen LogP contribution in [0.4, 0.5) is 0 Å². The largest absolute Gasteiger partial charge is 0.325 e. The molecule has 1 aromatic carbocycles. The number of aromatic amines is 2. The van der Waals surface area contributed by atoms with Crippen LogP contribution in [0.5, 0.6) is 0 Å². The molecule has 0 unspecified atom stereocenters. The Hall–Kier alpha value is -2.47. The van der Waals surface area contributed by atoms with Gasteiger partial charge < -0.3 is 4.98 Å². The van der Waals surface area contributed by atoms with E-state index in [-0.39, 0.29) is 11.5 Å². The van der Waals surface area contributed by atoms with Crippen molar-refractivity contribution in [2.24, 2.45) is 0 Å². The highest BCUT2D eigenvalue weighted by molar-refractivity contribution is 7.09. The molecule has 140 valence electrons. The first-order chi connectivity index (χ1) is 13.1. The first-order valence-corrected chi connectivity index (χ1v) is 10.3. The van der Waals surface area contributed by atoms with E-state index in [1.54, 1.807) is 11.3 Å². The summed E-state index contributed by atoms with van der Waals surface area (Å²) in [6.07, 6.45) is 4.56. The number of benzene rings is 1. The van der Waals surface area contributed by atoms with E-state index in [0.29, 0.717) is 17.9 Å². The van der Waals surface area contributed by atoms with Gasteiger partial charge in [0.25, 0.3) is 5.56 Å². The molecule has 3 aromatic rings. The summed E-state index contributed by atoms with van der Waals surface area (Å²) in [6, 6.07) is 10.6. The first kappa shape index (κ1) is 17.9. The second kappa shape index (κ2) is 7.64. The lowest BCUT2D eigenvalue weighted by molar-refractivity contribution is 0.388. The molecule has 0 aliphatic heterocycles. The first-order valence-electron chi connectivity index (χ1n) is 9.41. The summed E-state index contributed by atoms with van der Waals surface area (Å²) in [5.41, 5.74) is 3.11. The Morgan fingerprint density at radius 2 is 1.74 bits per heavy atom. The maximum absolute atomic E-state index is 12.5. The van der Waals surface area contributed by atoms with Gasteiger partial charge in [-0.2, -0.15) is 0 Å². The van der Waals surface area contributed by atoms with Crippen molar-refractivity contribution in [2.45, 2.75) is 50.9 Å². The van der Waals surface area contributed by atoms with E-state index < -0.39 is 5.69 Å². The van der Waals surface area contributed by atoms with Crippen molar-refractivity contribution in [2.75, 3.05) is 0 Å². The van der Waals surface area contributed by atoms with Crippen molar-refractivity contribution in [3.05, 3.63) is 84.1 Å². The van der Waals surface area contributed by atoms with Gasteiger partial charge in [-0.3, -0.25) is 9.78 Å². The molecule has 2 heterocycles. The number of nitrogens with one attached hydrogen (secondary N) is 2. The van der Waals surface area contributed by atoms with Crippen LogP contribution in [0.15, 0.2) is 45.3 Å². The molecule has 1 aliphatic carbocycles. The van der Waals surface area contributed by atoms with Gasteiger partial charge in [0.05, 0.1) is 5.01 Å². The zero-order valence-electron chi connectivity index (χ0n) is 15.3. The number of hydrogen-bond acceptors (Lipinski definition) is 4. The monoisotopic (exact) mass is 381 g/mol. The van der Waals surface area contributed by atoms with E-state index in [1.165, 1.54) is 5.56 Å². The maximum atomic E-state index is 12.5. The molecule has 4 rings (SSSR count). The van der Waals surface area contributed by atoms with E-state index in [2.05, 4.69) is 39.2 Å². The average molecular weight is 382 g/mol. The van der Waals surface area contributed by atoms with Crippen LogP contribution in [0.25, 0.3) is 0 Å². The van der Waals surface area contributed by atoms with E-state index in [4.69, 9.17) is 0 Å². The Balaban J connectivity index is 1.58. The van der Waals surface area contributed by atoms with Gasteiger partial charge in [-0.1, -0.05) is 30.3 Å². The van der Waals surface area contributed by atoms with Crippen LogP contribution in [0.2, 0.25) is 0 Å². The van der Waals surface area contributed by atoms with Crippen molar-refractivity contribution in [3.8, 4) is 0 Å². The molecule has 5 nitrogen and oxygen atoms in total. The summed E-state index contributed by atoms with van der Waals surface area (Å²) < 4.78 is 0. The summed E-state index contributed by atoms with van der Waals surface area (Å²) in [4.78, 5) is 34.2. The van der Waals surface area contributed by atoms with Crippen LogP contribution < -0.4 is 11.2 Å². The van der Waals surface area contributed by atoms with Crippen LogP contribution in [0, 0.1) is 6.92 Å². The Bertz CT molecular complexity index is 1030. The summed E-state index contributed by atoms with van der Waals surface area (Å²) in [7, 11) is 0. The fourth-order valence-electron chi connectivity index (χ4n) is 4.13. The van der Waals surface area contributed by atoms with Crippen molar-refractivity contribution < 1.29 is 0 Å². The highest BCUT2D eigenvalue weighted by Gasteiger charge is 2.27. The van der Waals surface area contributed by atoms with Crippen LogP contribution in [-0.2, 0) is 6.42 Å². The van der Waals surface area contributed by atoms with Crippen LogP contribution >= 0.6 is 11.3 Å². The van der Waals surface area contributed by atoms with Crippen LogP contribution in [-0.4, -0.2) is 15.0 Å². The topological polar surface area (TPSA) is 78.6 Å². The molecular formula is C21H23N3O2S. The molecule has 0 bridgehead atoms. The number of hydrogen-bond donors (Lipinski definition) is 2. The van der Waals surface area contributed by atoms with Gasteiger partial charge in [0.1, 0.15) is 0 Å². The predicted octanol–water partition coefficient (Wildman–Crippen LogP) is 3.86. The SMILES string of the molecule is Cc1csc(Cc2c(C3CCC(c4ccccc4)CC3)[nH]c(=O)[nH]c2=O)n1. The maximum Gasteiger partial charge on any atom is 0.325 e. The minimum absolute atomic E-state index is 0.219. The molecule has 1 saturated carbocycles. The van der Waals surface area contributed by atoms with Crippen LogP contribution in [0.1, 0.15) is 65.0 Å². The molecule has 2 aromatic heterocycles. The number of aromatic nitrogens is 3. The summed E-state index contributed by atoms with van der Waals surface area (Å²) >= 11 is 1.55. The summed E-state index contributed by atoms with van der Waals surface area (Å²) in [5, 5.41) is 2.89. The van der Waals surface area contributed by atoms with E-state index in [1.807, 2.05) is 18.4 Å². The highest BCUT2D eigenvalue weighted by Crippen LogP contribution is 2.40. The van der Waals surface area contributed by atoms with Crippen molar-refractivity contribution in [1.82, 2.24) is 15.0 Å². The van der Waals surface area contributed by atoms with Gasteiger partial charge in [-0.15, -0.1) is 11.3 Å². The lowest BCUT2D eigenvalue weighted by atomic mass is 9.76. The van der Waals surface area contributed by atoms with Gasteiger partial charge >= 0.3 is 5.69 Å². The molecule has 27 heavy (non-hydrogen) atoms. The number of aryl methyl sites for hydroxylation is 1. The quantitative estimate of drug-likeness (QED) is 0.720. The standard InChI is InChI=1S/C21H23N3O2S/c1-13-12-27-18(22-13)11-17-19(23-21(26)24-20(17)25)16-9-7-15(8-10-16)14-5-3-2-4-6-14/h2-6,12,15-16H,7-11H2,1H3,(H2,23,24,25,26). The highest BCUT2D eigenvalue weighted by atomic mass is 32.1. The Morgan fingerprint density at radius 1 is 1.04 bits per heavy atom. The number of thiazole rings is 1. The lowest BCUT2D eigenvalue weighted by Crippen LogP contribution is -2.30. The minimum atomic E-state index is -0.417. The fraction of sp³-hybridized carbons (Fsp3) is 0.381. The van der Waals surface area contributed by atoms with Crippen molar-refractivity contribution in [1.29, 1.82) is 0 Å². The second-order valence-corrected chi connectivity index (χ2v) is 8.26. The van der Waals surface area contributed by atoms with E-state index >= 15 is 0 Å². The van der Waals surface area contributed by atoms with Gasteiger partial charge in [0.2, 0.25) is 0 Å². The third-order valence-corrected chi connectivity index (χ3v) is 6.44. The second-order valence-electron chi connectivity index (χ2n) is 7.32. The van der Waals surface area contributed by atoms with Gasteiger partial charge in [0.15, 0.2) is 0 Å². The van der Waals surface area contributed by atoms with Crippen molar-refractivity contribution >= 4 is 11.3 Å². The molecule has 6 heteroatoms. The van der Waals surface area contributed by atoms with E-state index in [9.17, 15) is 9.59 Å². The van der Waals surface area contributed by atoms with Gasteiger partial charge in [0, 0.05) is 28.8 Å². The summed E-state index contributed by atoms with van der Waals surface area (Å²) in [6.45, 7) is 1.95. The molecule has 1 fully saturated rings. The van der Waals surface area contributed by atoms with Crippen LogP contribution in [0.3, 0.4) is 0 Å². The molecular weight excluding hydrogens is 358 g/mol. The van der Waals surface area contributed by atoms with E-state index in [0.717, 1.165) is 42.1 Å². The molecule has 0 atom stereocenters. The molecule has 0 radical (unpaired) electrons. The molecule has 0 saturated heterocycles. The molecule has 0 amide bonds. The third-order valence-electron chi connectivity index (χ3n) is 5.48. The molecule has 0 spiro atoms. The Labute approximate surface area is 161 Å². The molecule has 1 aliphatic rings. The normalized spacial score (nSPS) is 19.9. The minimum Gasteiger partial charge on any atom is -0.311 e. The van der Waals surface area contributed by atoms with Crippen molar-refractivity contribution in [3.63, 3.8) is 0 Å². The Morgan fingerprint density at radius 3 is 2.41 bits per heavy atom. The summed E-state index contributed by atoms with van der Waals surface area (Å²) in [5.74, 6) is 0.775. The van der Waals surface area contributed by atoms with Gasteiger partial charge in [-0.25, -0.2) is 9.78 Å². The zero-order chi connectivity index (χ0) is 18.8.